The molecule has 0 aromatic heterocycles. The van der Waals surface area contributed by atoms with Gasteiger partial charge < -0.3 is 24.4 Å². The smallest absolute Gasteiger partial charge is 0.325 e. The predicted octanol–water partition coefficient (Wildman–Crippen LogP) is 1.56. The highest BCUT2D eigenvalue weighted by atomic mass is 16.6. The first-order valence-corrected chi connectivity index (χ1v) is 9.28. The monoisotopic (exact) mass is 355 g/mol. The highest BCUT2D eigenvalue weighted by molar-refractivity contribution is 5.84. The Kier molecular flexibility index (Phi) is 7.50. The van der Waals surface area contributed by atoms with Crippen molar-refractivity contribution in [3.05, 3.63) is 0 Å². The quantitative estimate of drug-likeness (QED) is 0.458. The fraction of sp³-hybridized carbons (Fsp3) is 0.889. The van der Waals surface area contributed by atoms with Crippen molar-refractivity contribution in [1.29, 1.82) is 0 Å². The van der Waals surface area contributed by atoms with Crippen molar-refractivity contribution < 1.29 is 19.0 Å². The number of hydrogen-bond donors (Lipinski definition) is 1. The highest BCUT2D eigenvalue weighted by Gasteiger charge is 2.24. The van der Waals surface area contributed by atoms with Crippen molar-refractivity contribution in [1.82, 2.24) is 10.2 Å². The number of nitrogens with one attached hydrogen (secondary N) is 1. The van der Waals surface area contributed by atoms with Gasteiger partial charge in [0.1, 0.15) is 12.1 Å². The number of likely N-dealkylation sites (tertiary alicyclic amines) is 1. The van der Waals surface area contributed by atoms with E-state index in [-0.39, 0.29) is 24.7 Å². The second-order valence-electron chi connectivity index (χ2n) is 7.64. The van der Waals surface area contributed by atoms with Crippen LogP contribution in [0.2, 0.25) is 0 Å². The van der Waals surface area contributed by atoms with Crippen molar-refractivity contribution >= 4 is 11.9 Å². The maximum absolute atomic E-state index is 11.8. The van der Waals surface area contributed by atoms with E-state index in [0.717, 1.165) is 51.3 Å². The minimum Gasteiger partial charge on any atom is -0.459 e. The lowest BCUT2D eigenvalue weighted by Crippen LogP contribution is -2.48. The van der Waals surface area contributed by atoms with Crippen LogP contribution >= 0.6 is 0 Å². The molecule has 25 heavy (non-hydrogen) atoms. The van der Waals surface area contributed by atoms with Gasteiger partial charge in [-0.25, -0.2) is 0 Å². The van der Waals surface area contributed by atoms with E-state index in [4.69, 9.17) is 14.2 Å². The first-order valence-electron chi connectivity index (χ1n) is 9.28. The number of aliphatic imine (C=N–C) groups is 1. The topological polar surface area (TPSA) is 72.4 Å². The SMILES string of the molecule is CN=C(NCC(=O)OC(C)(C)C)N1CCC(OCC2CCCO2)CC1. The fourth-order valence-corrected chi connectivity index (χ4v) is 3.11. The second-order valence-corrected chi connectivity index (χ2v) is 7.64. The summed E-state index contributed by atoms with van der Waals surface area (Å²) in [5.74, 6) is 0.465. The lowest BCUT2D eigenvalue weighted by atomic mass is 10.1. The minimum atomic E-state index is -0.471. The molecule has 0 radical (unpaired) electrons. The molecule has 1 unspecified atom stereocenters. The lowest BCUT2D eigenvalue weighted by molar-refractivity contribution is -0.153. The zero-order valence-electron chi connectivity index (χ0n) is 16.0. The third-order valence-corrected chi connectivity index (χ3v) is 4.31. The molecule has 2 saturated heterocycles. The van der Waals surface area contributed by atoms with Crippen LogP contribution in [0.25, 0.3) is 0 Å². The van der Waals surface area contributed by atoms with Gasteiger partial charge in [0.05, 0.1) is 18.8 Å². The number of nitrogens with zero attached hydrogens (tertiary/aromatic N) is 2. The Morgan fingerprint density at radius 3 is 2.56 bits per heavy atom. The number of rotatable bonds is 5. The van der Waals surface area contributed by atoms with Gasteiger partial charge in [-0.3, -0.25) is 9.79 Å². The summed E-state index contributed by atoms with van der Waals surface area (Å²) < 4.78 is 16.9. The zero-order valence-corrected chi connectivity index (χ0v) is 16.0. The van der Waals surface area contributed by atoms with Gasteiger partial charge >= 0.3 is 5.97 Å². The fourth-order valence-electron chi connectivity index (χ4n) is 3.11. The molecule has 2 fully saturated rings. The number of guanidine groups is 1. The minimum absolute atomic E-state index is 0.124. The summed E-state index contributed by atoms with van der Waals surface area (Å²) in [7, 11) is 1.73. The van der Waals surface area contributed by atoms with Crippen LogP contribution in [-0.4, -0.2) is 74.5 Å². The van der Waals surface area contributed by atoms with Crippen LogP contribution in [0, 0.1) is 0 Å². The van der Waals surface area contributed by atoms with Gasteiger partial charge in [0, 0.05) is 26.7 Å². The van der Waals surface area contributed by atoms with Crippen LogP contribution in [0.15, 0.2) is 4.99 Å². The lowest BCUT2D eigenvalue weighted by Gasteiger charge is -2.34. The van der Waals surface area contributed by atoms with E-state index >= 15 is 0 Å². The number of carbonyl (C=O) groups is 1. The average Bonchev–Trinajstić information content (AvgIpc) is 3.06. The van der Waals surface area contributed by atoms with E-state index in [0.29, 0.717) is 6.61 Å². The Bertz CT molecular complexity index is 448. The van der Waals surface area contributed by atoms with E-state index in [1.807, 2.05) is 20.8 Å². The number of carbonyl (C=O) groups excluding carboxylic acids is 1. The molecule has 1 atom stereocenters. The van der Waals surface area contributed by atoms with Gasteiger partial charge in [0.25, 0.3) is 0 Å². The number of esters is 1. The molecule has 0 amide bonds. The van der Waals surface area contributed by atoms with Gasteiger partial charge in [-0.1, -0.05) is 0 Å². The van der Waals surface area contributed by atoms with E-state index < -0.39 is 5.60 Å². The molecule has 1 N–H and O–H groups in total. The molecular weight excluding hydrogens is 322 g/mol. The van der Waals surface area contributed by atoms with Crippen molar-refractivity contribution in [2.45, 2.75) is 64.3 Å². The molecule has 7 heteroatoms. The largest absolute Gasteiger partial charge is 0.459 e. The van der Waals surface area contributed by atoms with Gasteiger partial charge in [-0.15, -0.1) is 0 Å². The van der Waals surface area contributed by atoms with Crippen LogP contribution in [0.3, 0.4) is 0 Å². The molecule has 0 aromatic carbocycles. The maximum atomic E-state index is 11.8. The van der Waals surface area contributed by atoms with Gasteiger partial charge in [-0.05, 0) is 46.5 Å². The molecule has 0 bridgehead atoms. The van der Waals surface area contributed by atoms with Crippen LogP contribution in [0.5, 0.6) is 0 Å². The molecule has 0 saturated carbocycles. The van der Waals surface area contributed by atoms with E-state index in [2.05, 4.69) is 15.2 Å². The van der Waals surface area contributed by atoms with Crippen molar-refractivity contribution in [2.24, 2.45) is 4.99 Å². The van der Waals surface area contributed by atoms with Gasteiger partial charge in [-0.2, -0.15) is 0 Å². The summed E-state index contributed by atoms with van der Waals surface area (Å²) in [6, 6.07) is 0. The van der Waals surface area contributed by atoms with Crippen LogP contribution in [0.1, 0.15) is 46.5 Å². The third kappa shape index (κ3) is 7.20. The molecule has 2 aliphatic rings. The summed E-state index contributed by atoms with van der Waals surface area (Å²) in [6.45, 7) is 9.01. The maximum Gasteiger partial charge on any atom is 0.325 e. The Morgan fingerprint density at radius 2 is 2.00 bits per heavy atom. The Labute approximate surface area is 151 Å². The molecule has 2 rings (SSSR count). The van der Waals surface area contributed by atoms with E-state index in [1.165, 1.54) is 0 Å². The predicted molar refractivity (Wildman–Crippen MR) is 96.7 cm³/mol. The Morgan fingerprint density at radius 1 is 1.28 bits per heavy atom. The summed E-state index contributed by atoms with van der Waals surface area (Å²) in [5, 5.41) is 3.09. The summed E-state index contributed by atoms with van der Waals surface area (Å²) in [6.07, 6.45) is 4.73. The summed E-state index contributed by atoms with van der Waals surface area (Å²) in [4.78, 5) is 18.3. The molecular formula is C18H33N3O4. The van der Waals surface area contributed by atoms with Crippen molar-refractivity contribution in [2.75, 3.05) is 39.9 Å². The molecule has 0 aromatic rings. The zero-order chi connectivity index (χ0) is 18.3. The number of piperidine rings is 1. The second kappa shape index (κ2) is 9.38. The first-order chi connectivity index (χ1) is 11.9. The van der Waals surface area contributed by atoms with Crippen LogP contribution in [0.4, 0.5) is 0 Å². The standard InChI is InChI=1S/C18H33N3O4/c1-18(2,3)25-16(22)12-20-17(19-4)21-9-7-14(8-10-21)24-13-15-6-5-11-23-15/h14-15H,5-13H2,1-4H3,(H,19,20). The first kappa shape index (κ1) is 20.0. The van der Waals surface area contributed by atoms with E-state index in [9.17, 15) is 4.79 Å². The molecule has 2 aliphatic heterocycles. The van der Waals surface area contributed by atoms with E-state index in [1.54, 1.807) is 7.05 Å². The average molecular weight is 355 g/mol. The Hall–Kier alpha value is -1.34. The molecule has 2 heterocycles. The molecule has 144 valence electrons. The third-order valence-electron chi connectivity index (χ3n) is 4.31. The summed E-state index contributed by atoms with van der Waals surface area (Å²) in [5.41, 5.74) is -0.471. The Balaban J connectivity index is 1.67. The van der Waals surface area contributed by atoms with Crippen LogP contribution < -0.4 is 5.32 Å². The van der Waals surface area contributed by atoms with Crippen LogP contribution in [-0.2, 0) is 19.0 Å². The van der Waals surface area contributed by atoms with Crippen molar-refractivity contribution in [3.63, 3.8) is 0 Å². The van der Waals surface area contributed by atoms with Gasteiger partial charge in [0.2, 0.25) is 0 Å². The molecule has 7 nitrogen and oxygen atoms in total. The van der Waals surface area contributed by atoms with Crippen molar-refractivity contribution in [3.8, 4) is 0 Å². The molecule has 0 spiro atoms. The normalized spacial score (nSPS) is 23.0. The molecule has 0 aliphatic carbocycles. The highest BCUT2D eigenvalue weighted by Crippen LogP contribution is 2.17. The van der Waals surface area contributed by atoms with Gasteiger partial charge in [0.15, 0.2) is 5.96 Å². The number of hydrogen-bond acceptors (Lipinski definition) is 5. The summed E-state index contributed by atoms with van der Waals surface area (Å²) >= 11 is 0. The number of ether oxygens (including phenoxy) is 3.